The number of hydrogen-bond acceptors (Lipinski definition) is 3. The van der Waals surface area contributed by atoms with Crippen LogP contribution in [0.2, 0.25) is 0 Å². The smallest absolute Gasteiger partial charge is 0.254 e. The predicted molar refractivity (Wildman–Crippen MR) is 129 cm³/mol. The SMILES string of the molecule is CC(C)(CN)CN(Cc1cccc(NC(=O)Cc2ccccc2)c1)C(=O)c1cc(F)cc(F)c1. The Kier molecular flexibility index (Phi) is 8.12. The van der Waals surface area contributed by atoms with Gasteiger partial charge in [0.2, 0.25) is 5.91 Å². The van der Waals surface area contributed by atoms with E-state index in [-0.39, 0.29) is 31.0 Å². The van der Waals surface area contributed by atoms with E-state index in [0.29, 0.717) is 12.2 Å². The molecule has 0 fully saturated rings. The van der Waals surface area contributed by atoms with Gasteiger partial charge in [-0.1, -0.05) is 56.3 Å². The molecule has 3 aromatic rings. The number of nitrogens with two attached hydrogens (primary N) is 1. The zero-order valence-electron chi connectivity index (χ0n) is 19.4. The van der Waals surface area contributed by atoms with Gasteiger partial charge in [-0.2, -0.15) is 0 Å². The monoisotopic (exact) mass is 465 g/mol. The molecule has 0 spiro atoms. The van der Waals surface area contributed by atoms with Crippen molar-refractivity contribution in [2.24, 2.45) is 11.1 Å². The van der Waals surface area contributed by atoms with E-state index >= 15 is 0 Å². The van der Waals surface area contributed by atoms with Gasteiger partial charge in [0.25, 0.3) is 5.91 Å². The first-order valence-electron chi connectivity index (χ1n) is 11.0. The van der Waals surface area contributed by atoms with Crippen molar-refractivity contribution in [1.82, 2.24) is 4.90 Å². The minimum absolute atomic E-state index is 0.0716. The molecule has 0 saturated heterocycles. The second-order valence-corrected chi connectivity index (χ2v) is 9.10. The van der Waals surface area contributed by atoms with E-state index in [9.17, 15) is 18.4 Å². The van der Waals surface area contributed by atoms with E-state index in [1.54, 1.807) is 18.2 Å². The lowest BCUT2D eigenvalue weighted by Gasteiger charge is -2.32. The summed E-state index contributed by atoms with van der Waals surface area (Å²) in [4.78, 5) is 27.2. The molecule has 34 heavy (non-hydrogen) atoms. The number of halogens is 2. The number of anilines is 1. The van der Waals surface area contributed by atoms with E-state index in [1.807, 2.05) is 50.2 Å². The highest BCUT2D eigenvalue weighted by Gasteiger charge is 2.25. The first-order chi connectivity index (χ1) is 16.1. The minimum Gasteiger partial charge on any atom is -0.334 e. The van der Waals surface area contributed by atoms with E-state index in [4.69, 9.17) is 5.73 Å². The van der Waals surface area contributed by atoms with E-state index in [0.717, 1.165) is 29.3 Å². The Labute approximate surface area is 198 Å². The van der Waals surface area contributed by atoms with Crippen LogP contribution in [0.3, 0.4) is 0 Å². The van der Waals surface area contributed by atoms with Gasteiger partial charge in [-0.25, -0.2) is 8.78 Å². The van der Waals surface area contributed by atoms with Crippen LogP contribution in [0.4, 0.5) is 14.5 Å². The number of benzene rings is 3. The molecule has 0 aliphatic rings. The van der Waals surface area contributed by atoms with Gasteiger partial charge in [0.1, 0.15) is 11.6 Å². The summed E-state index contributed by atoms with van der Waals surface area (Å²) in [6.07, 6.45) is 0.242. The van der Waals surface area contributed by atoms with Crippen LogP contribution < -0.4 is 11.1 Å². The van der Waals surface area contributed by atoms with Crippen molar-refractivity contribution in [1.29, 1.82) is 0 Å². The van der Waals surface area contributed by atoms with Gasteiger partial charge in [-0.3, -0.25) is 9.59 Å². The van der Waals surface area contributed by atoms with Crippen molar-refractivity contribution < 1.29 is 18.4 Å². The van der Waals surface area contributed by atoms with Crippen LogP contribution >= 0.6 is 0 Å². The molecular formula is C27H29F2N3O2. The molecule has 0 atom stereocenters. The molecule has 0 bridgehead atoms. The summed E-state index contributed by atoms with van der Waals surface area (Å²) in [5.41, 5.74) is 7.65. The highest BCUT2D eigenvalue weighted by atomic mass is 19.1. The largest absolute Gasteiger partial charge is 0.334 e. The third-order valence-electron chi connectivity index (χ3n) is 5.36. The topological polar surface area (TPSA) is 75.4 Å². The Morgan fingerprint density at radius 3 is 2.21 bits per heavy atom. The maximum atomic E-state index is 13.7. The zero-order valence-corrected chi connectivity index (χ0v) is 19.4. The van der Waals surface area contributed by atoms with Crippen molar-refractivity contribution in [3.8, 4) is 0 Å². The summed E-state index contributed by atoms with van der Waals surface area (Å²) in [7, 11) is 0. The average Bonchev–Trinajstić information content (AvgIpc) is 2.78. The molecule has 7 heteroatoms. The maximum Gasteiger partial charge on any atom is 0.254 e. The van der Waals surface area contributed by atoms with E-state index in [1.165, 1.54) is 4.90 Å². The van der Waals surface area contributed by atoms with Gasteiger partial charge in [0, 0.05) is 30.4 Å². The lowest BCUT2D eigenvalue weighted by Crippen LogP contribution is -2.41. The van der Waals surface area contributed by atoms with Crippen LogP contribution in [0, 0.1) is 17.0 Å². The minimum atomic E-state index is -0.815. The van der Waals surface area contributed by atoms with E-state index < -0.39 is 23.0 Å². The van der Waals surface area contributed by atoms with Crippen molar-refractivity contribution in [2.75, 3.05) is 18.4 Å². The summed E-state index contributed by atoms with van der Waals surface area (Å²) in [6.45, 7) is 4.62. The Bertz CT molecular complexity index is 1130. The van der Waals surface area contributed by atoms with Crippen molar-refractivity contribution >= 4 is 17.5 Å². The molecule has 0 radical (unpaired) electrons. The third kappa shape index (κ3) is 7.22. The predicted octanol–water partition coefficient (Wildman–Crippen LogP) is 4.77. The molecule has 0 aliphatic carbocycles. The average molecular weight is 466 g/mol. The maximum absolute atomic E-state index is 13.7. The number of hydrogen-bond donors (Lipinski definition) is 2. The normalized spacial score (nSPS) is 11.2. The lowest BCUT2D eigenvalue weighted by atomic mass is 9.92. The molecule has 5 nitrogen and oxygen atoms in total. The van der Waals surface area contributed by atoms with Gasteiger partial charge in [0.15, 0.2) is 0 Å². The number of nitrogens with one attached hydrogen (secondary N) is 1. The highest BCUT2D eigenvalue weighted by molar-refractivity contribution is 5.94. The molecule has 0 aromatic heterocycles. The van der Waals surface area contributed by atoms with Crippen LogP contribution in [-0.4, -0.2) is 29.8 Å². The highest BCUT2D eigenvalue weighted by Crippen LogP contribution is 2.21. The van der Waals surface area contributed by atoms with Crippen molar-refractivity contribution in [3.63, 3.8) is 0 Å². The summed E-state index contributed by atoms with van der Waals surface area (Å²) in [6, 6.07) is 19.3. The zero-order chi connectivity index (χ0) is 24.7. The summed E-state index contributed by atoms with van der Waals surface area (Å²) >= 11 is 0. The summed E-state index contributed by atoms with van der Waals surface area (Å²) in [5, 5.41) is 2.88. The molecule has 0 saturated carbocycles. The van der Waals surface area contributed by atoms with Gasteiger partial charge < -0.3 is 16.0 Å². The van der Waals surface area contributed by atoms with Crippen LogP contribution in [-0.2, 0) is 17.8 Å². The van der Waals surface area contributed by atoms with Gasteiger partial charge in [-0.15, -0.1) is 0 Å². The van der Waals surface area contributed by atoms with Crippen LogP contribution in [0.15, 0.2) is 72.8 Å². The molecule has 2 amide bonds. The third-order valence-corrected chi connectivity index (χ3v) is 5.36. The Balaban J connectivity index is 1.79. The van der Waals surface area contributed by atoms with Crippen molar-refractivity contribution in [3.05, 3.63) is 101 Å². The second-order valence-electron chi connectivity index (χ2n) is 9.10. The number of carbonyl (C=O) groups excluding carboxylic acids is 2. The first-order valence-corrected chi connectivity index (χ1v) is 11.0. The summed E-state index contributed by atoms with van der Waals surface area (Å²) < 4.78 is 27.5. The molecule has 3 N–H and O–H groups in total. The molecular weight excluding hydrogens is 436 g/mol. The molecule has 3 rings (SSSR count). The molecule has 0 unspecified atom stereocenters. The Morgan fingerprint density at radius 2 is 1.56 bits per heavy atom. The number of rotatable bonds is 9. The Hall–Kier alpha value is -3.58. The number of carbonyl (C=O) groups is 2. The molecule has 3 aromatic carbocycles. The fourth-order valence-corrected chi connectivity index (χ4v) is 3.59. The van der Waals surface area contributed by atoms with Crippen LogP contribution in [0.5, 0.6) is 0 Å². The lowest BCUT2D eigenvalue weighted by molar-refractivity contribution is -0.115. The number of nitrogens with zero attached hydrogens (tertiary/aromatic N) is 1. The first kappa shape index (κ1) is 25.1. The van der Waals surface area contributed by atoms with Crippen molar-refractivity contribution in [2.45, 2.75) is 26.8 Å². The second kappa shape index (κ2) is 11.0. The fraction of sp³-hybridized carbons (Fsp3) is 0.259. The summed E-state index contributed by atoms with van der Waals surface area (Å²) in [5.74, 6) is -2.29. The van der Waals surface area contributed by atoms with E-state index in [2.05, 4.69) is 5.32 Å². The van der Waals surface area contributed by atoms with Crippen LogP contribution in [0.1, 0.15) is 35.3 Å². The van der Waals surface area contributed by atoms with Gasteiger partial charge in [0.05, 0.1) is 6.42 Å². The van der Waals surface area contributed by atoms with Gasteiger partial charge in [-0.05, 0) is 47.4 Å². The molecule has 0 aliphatic heterocycles. The Morgan fingerprint density at radius 1 is 0.912 bits per heavy atom. The molecule has 178 valence electrons. The van der Waals surface area contributed by atoms with Gasteiger partial charge >= 0.3 is 0 Å². The number of amides is 2. The standard InChI is InChI=1S/C27H29F2N3O2/c1-27(2,17-30)18-32(26(34)21-13-22(28)15-23(29)14-21)16-20-9-6-10-24(11-20)31-25(33)12-19-7-4-3-5-8-19/h3-11,13-15H,12,16-18,30H2,1-2H3,(H,31,33). The molecule has 0 heterocycles. The van der Waals surface area contributed by atoms with Crippen LogP contribution in [0.25, 0.3) is 0 Å². The quantitative estimate of drug-likeness (QED) is 0.478. The fourth-order valence-electron chi connectivity index (χ4n) is 3.59.